The minimum Gasteiger partial charge on any atom is -0.354 e. The first-order valence-electron chi connectivity index (χ1n) is 10.2. The highest BCUT2D eigenvalue weighted by atomic mass is 16.1. The lowest BCUT2D eigenvalue weighted by Gasteiger charge is -2.43. The molecule has 6 rings (SSSR count). The zero-order valence-corrected chi connectivity index (χ0v) is 16.7. The number of hydrogen-bond acceptors (Lipinski definition) is 4. The average molecular weight is 385 g/mol. The molecule has 1 aromatic carbocycles. The van der Waals surface area contributed by atoms with Gasteiger partial charge in [0.2, 0.25) is 0 Å². The quantitative estimate of drug-likeness (QED) is 0.505. The molecule has 6 nitrogen and oxygen atoms in total. The highest BCUT2D eigenvalue weighted by Gasteiger charge is 2.36. The highest BCUT2D eigenvalue weighted by Crippen LogP contribution is 2.39. The van der Waals surface area contributed by atoms with E-state index in [4.69, 9.17) is 4.98 Å². The molecule has 2 bridgehead atoms. The van der Waals surface area contributed by atoms with Crippen LogP contribution in [-0.2, 0) is 13.6 Å². The van der Waals surface area contributed by atoms with Crippen molar-refractivity contribution in [1.29, 1.82) is 0 Å². The summed E-state index contributed by atoms with van der Waals surface area (Å²) in [6, 6.07) is 12.2. The largest absolute Gasteiger partial charge is 0.354 e. The fraction of sp³-hybridized carbons (Fsp3) is 0.348. The summed E-state index contributed by atoms with van der Waals surface area (Å²) >= 11 is 0. The summed E-state index contributed by atoms with van der Waals surface area (Å²) in [4.78, 5) is 24.1. The van der Waals surface area contributed by atoms with Crippen LogP contribution in [-0.4, -0.2) is 32.2 Å². The van der Waals surface area contributed by atoms with Gasteiger partial charge in [0.15, 0.2) is 5.82 Å². The van der Waals surface area contributed by atoms with Gasteiger partial charge in [-0.1, -0.05) is 17.7 Å². The Hall–Kier alpha value is -3.15. The van der Waals surface area contributed by atoms with Gasteiger partial charge in [0.05, 0.1) is 5.52 Å². The average Bonchev–Trinajstić information content (AvgIpc) is 3.00. The number of anilines is 1. The number of rotatable bonds is 1. The van der Waals surface area contributed by atoms with Crippen LogP contribution >= 0.6 is 0 Å². The number of aryl methyl sites for hydroxylation is 2. The van der Waals surface area contributed by atoms with Gasteiger partial charge in [0.25, 0.3) is 5.56 Å². The first kappa shape index (κ1) is 16.8. The fourth-order valence-electron chi connectivity index (χ4n) is 5.43. The van der Waals surface area contributed by atoms with E-state index >= 15 is 0 Å². The van der Waals surface area contributed by atoms with Crippen molar-refractivity contribution in [3.63, 3.8) is 0 Å². The second-order valence-electron chi connectivity index (χ2n) is 8.58. The van der Waals surface area contributed by atoms with E-state index < -0.39 is 0 Å². The molecule has 2 unspecified atom stereocenters. The molecule has 5 heterocycles. The van der Waals surface area contributed by atoms with Crippen LogP contribution in [0.25, 0.3) is 21.9 Å². The summed E-state index contributed by atoms with van der Waals surface area (Å²) < 4.78 is 4.20. The number of benzene rings is 1. The first-order valence-corrected chi connectivity index (χ1v) is 10.2. The molecule has 4 aromatic rings. The van der Waals surface area contributed by atoms with Crippen LogP contribution < -0.4 is 10.5 Å². The van der Waals surface area contributed by atoms with Crippen molar-refractivity contribution >= 4 is 27.8 Å². The molecule has 0 radical (unpaired) electrons. The fourth-order valence-corrected chi connectivity index (χ4v) is 5.43. The Balaban J connectivity index is 1.50. The Morgan fingerprint density at radius 2 is 1.97 bits per heavy atom. The molecule has 1 fully saturated rings. The third-order valence-electron chi connectivity index (χ3n) is 6.69. The van der Waals surface area contributed by atoms with E-state index in [1.807, 2.05) is 10.6 Å². The predicted octanol–water partition coefficient (Wildman–Crippen LogP) is 3.22. The van der Waals surface area contributed by atoms with Gasteiger partial charge in [0.1, 0.15) is 17.4 Å². The van der Waals surface area contributed by atoms with Crippen LogP contribution in [0.15, 0.2) is 47.5 Å². The number of hydrogen-bond donors (Lipinski definition) is 0. The lowest BCUT2D eigenvalue weighted by atomic mass is 9.83. The van der Waals surface area contributed by atoms with Crippen LogP contribution in [0.2, 0.25) is 0 Å². The third-order valence-corrected chi connectivity index (χ3v) is 6.69. The Kier molecular flexibility index (Phi) is 3.43. The Labute approximate surface area is 168 Å². The van der Waals surface area contributed by atoms with Gasteiger partial charge in [-0.05, 0) is 37.5 Å². The number of fused-ring (bicyclic) bond motifs is 7. The topological polar surface area (TPSA) is 56.0 Å². The molecular formula is C23H23N5O. The summed E-state index contributed by atoms with van der Waals surface area (Å²) in [5.74, 6) is 1.83. The molecule has 0 spiro atoms. The molecule has 0 saturated carbocycles. The van der Waals surface area contributed by atoms with E-state index in [-0.39, 0.29) is 5.56 Å². The smallest absolute Gasteiger partial charge is 0.250 e. The normalized spacial score (nSPS) is 21.0. The predicted molar refractivity (Wildman–Crippen MR) is 115 cm³/mol. The molecular weight excluding hydrogens is 362 g/mol. The Morgan fingerprint density at radius 1 is 1.07 bits per heavy atom. The lowest BCUT2D eigenvalue weighted by Crippen LogP contribution is -2.47. The maximum atomic E-state index is 12.3. The van der Waals surface area contributed by atoms with Crippen molar-refractivity contribution in [3.8, 4) is 0 Å². The molecule has 29 heavy (non-hydrogen) atoms. The third kappa shape index (κ3) is 2.38. The van der Waals surface area contributed by atoms with Gasteiger partial charge in [-0.15, -0.1) is 0 Å². The van der Waals surface area contributed by atoms with Crippen molar-refractivity contribution in [3.05, 3.63) is 64.3 Å². The van der Waals surface area contributed by atoms with E-state index in [1.54, 1.807) is 12.4 Å². The monoisotopic (exact) mass is 385 g/mol. The molecule has 3 aromatic heterocycles. The zero-order valence-electron chi connectivity index (χ0n) is 16.7. The van der Waals surface area contributed by atoms with Crippen molar-refractivity contribution in [2.75, 3.05) is 18.0 Å². The lowest BCUT2D eigenvalue weighted by molar-refractivity contribution is 0.281. The minimum absolute atomic E-state index is 0.124. The molecule has 146 valence electrons. The second kappa shape index (κ2) is 5.92. The molecule has 0 aliphatic carbocycles. The van der Waals surface area contributed by atoms with Gasteiger partial charge in [-0.25, -0.2) is 9.97 Å². The second-order valence-corrected chi connectivity index (χ2v) is 8.58. The maximum Gasteiger partial charge on any atom is 0.250 e. The molecule has 6 heteroatoms. The molecule has 2 aliphatic rings. The summed E-state index contributed by atoms with van der Waals surface area (Å²) in [5, 5.41) is 1.18. The Bertz CT molecular complexity index is 1330. The van der Waals surface area contributed by atoms with Crippen LogP contribution in [0, 0.1) is 12.8 Å². The SMILES string of the molecule is Cc1ccc2c(c1)c1ncnc(N3CC4CC(C3)c3cccc(=O)n3C4)c1n2C. The van der Waals surface area contributed by atoms with E-state index in [0.29, 0.717) is 11.8 Å². The number of aromatic nitrogens is 4. The first-order chi connectivity index (χ1) is 14.1. The van der Waals surface area contributed by atoms with Crippen molar-refractivity contribution < 1.29 is 0 Å². The minimum atomic E-state index is 0.124. The molecule has 2 atom stereocenters. The van der Waals surface area contributed by atoms with E-state index in [9.17, 15) is 4.79 Å². The van der Waals surface area contributed by atoms with Crippen molar-refractivity contribution in [2.24, 2.45) is 13.0 Å². The molecule has 0 amide bonds. The molecule has 2 aliphatic heterocycles. The van der Waals surface area contributed by atoms with E-state index in [0.717, 1.165) is 48.6 Å². The van der Waals surface area contributed by atoms with Crippen LogP contribution in [0.5, 0.6) is 0 Å². The summed E-state index contributed by atoms with van der Waals surface area (Å²) in [7, 11) is 2.10. The van der Waals surface area contributed by atoms with E-state index in [2.05, 4.69) is 52.7 Å². The van der Waals surface area contributed by atoms with Gasteiger partial charge in [-0.2, -0.15) is 0 Å². The molecule has 0 N–H and O–H groups in total. The number of piperidine rings is 1. The number of pyridine rings is 1. The summed E-state index contributed by atoms with van der Waals surface area (Å²) in [5.41, 5.74) is 5.82. The standard InChI is InChI=1S/C23H23N5O/c1-14-6-7-19-17(8-14)21-22(26(19)2)23(25-13-24-21)27-10-15-9-16(12-27)18-4-3-5-20(29)28(18)11-15/h3-8,13,15-16H,9-12H2,1-2H3. The van der Waals surface area contributed by atoms with Crippen molar-refractivity contribution in [2.45, 2.75) is 25.8 Å². The maximum absolute atomic E-state index is 12.3. The van der Waals surface area contributed by atoms with Gasteiger partial charge in [0, 0.05) is 49.7 Å². The highest BCUT2D eigenvalue weighted by molar-refractivity contribution is 6.09. The van der Waals surface area contributed by atoms with E-state index in [1.165, 1.54) is 16.5 Å². The van der Waals surface area contributed by atoms with Gasteiger partial charge in [-0.3, -0.25) is 4.79 Å². The van der Waals surface area contributed by atoms with Crippen molar-refractivity contribution in [1.82, 2.24) is 19.1 Å². The summed E-state index contributed by atoms with van der Waals surface area (Å²) in [6.45, 7) is 4.71. The summed E-state index contributed by atoms with van der Waals surface area (Å²) in [6.07, 6.45) is 2.84. The van der Waals surface area contributed by atoms with Gasteiger partial charge >= 0.3 is 0 Å². The van der Waals surface area contributed by atoms with Crippen LogP contribution in [0.3, 0.4) is 0 Å². The zero-order chi connectivity index (χ0) is 19.7. The van der Waals surface area contributed by atoms with Gasteiger partial charge < -0.3 is 14.0 Å². The number of nitrogens with zero attached hydrogens (tertiary/aromatic N) is 5. The Morgan fingerprint density at radius 3 is 2.86 bits per heavy atom. The van der Waals surface area contributed by atoms with Crippen LogP contribution in [0.4, 0.5) is 5.82 Å². The van der Waals surface area contributed by atoms with Crippen LogP contribution in [0.1, 0.15) is 23.6 Å². The molecule has 1 saturated heterocycles.